The van der Waals surface area contributed by atoms with Crippen LogP contribution < -0.4 is 9.92 Å². The lowest BCUT2D eigenvalue weighted by Crippen LogP contribution is -2.26. The van der Waals surface area contributed by atoms with Gasteiger partial charge in [0.15, 0.2) is 4.21 Å². The molecule has 0 amide bonds. The molecule has 0 radical (unpaired) electrons. The summed E-state index contributed by atoms with van der Waals surface area (Å²) in [6.07, 6.45) is 1.24. The molecule has 5 rings (SSSR count). The molecular formula is C22H14Cl2N4O3S2. The van der Waals surface area contributed by atoms with Gasteiger partial charge in [0.05, 0.1) is 11.7 Å². The Labute approximate surface area is 203 Å². The van der Waals surface area contributed by atoms with Crippen molar-refractivity contribution < 1.29 is 12.6 Å². The molecule has 0 saturated carbocycles. The number of rotatable bonds is 5. The number of hydrogen-bond donors (Lipinski definition) is 1. The maximum Gasteiger partial charge on any atom is 0.350 e. The van der Waals surface area contributed by atoms with Gasteiger partial charge in [-0.1, -0.05) is 59.6 Å². The van der Waals surface area contributed by atoms with E-state index in [2.05, 4.69) is 9.97 Å². The maximum absolute atomic E-state index is 12.6. The number of benzene rings is 2. The Morgan fingerprint density at radius 1 is 0.970 bits per heavy atom. The van der Waals surface area contributed by atoms with Crippen molar-refractivity contribution in [1.29, 1.82) is 0 Å². The van der Waals surface area contributed by atoms with Gasteiger partial charge < -0.3 is 9.92 Å². The van der Waals surface area contributed by atoms with Crippen molar-refractivity contribution in [3.8, 4) is 5.75 Å². The van der Waals surface area contributed by atoms with Gasteiger partial charge in [-0.3, -0.25) is 4.98 Å². The Bertz CT molecular complexity index is 1490. The van der Waals surface area contributed by atoms with Crippen LogP contribution in [0.15, 0.2) is 81.6 Å². The zero-order valence-corrected chi connectivity index (χ0v) is 19.8. The second kappa shape index (κ2) is 8.11. The molecule has 1 unspecified atom stereocenters. The minimum absolute atomic E-state index is 0.00351. The molecular weight excluding hydrogens is 503 g/mol. The van der Waals surface area contributed by atoms with E-state index in [9.17, 15) is 8.42 Å². The molecule has 4 aromatic rings. The third kappa shape index (κ3) is 3.76. The van der Waals surface area contributed by atoms with Crippen molar-refractivity contribution in [2.45, 2.75) is 9.75 Å². The number of aromatic nitrogens is 2. The first-order valence-corrected chi connectivity index (χ1v) is 12.6. The molecule has 0 spiro atoms. The summed E-state index contributed by atoms with van der Waals surface area (Å²) in [6.45, 7) is 0. The van der Waals surface area contributed by atoms with Crippen LogP contribution in [0.25, 0.3) is 0 Å². The van der Waals surface area contributed by atoms with Crippen LogP contribution in [0.3, 0.4) is 0 Å². The minimum Gasteiger partial charge on any atom is -0.383 e. The number of amidine groups is 1. The van der Waals surface area contributed by atoms with E-state index >= 15 is 0 Å². The van der Waals surface area contributed by atoms with Gasteiger partial charge in [0.25, 0.3) is 0 Å². The second-order valence-corrected chi connectivity index (χ2v) is 10.6. The van der Waals surface area contributed by atoms with Gasteiger partial charge in [0, 0.05) is 5.56 Å². The minimum atomic E-state index is -4.04. The summed E-state index contributed by atoms with van der Waals surface area (Å²) in [4.78, 5) is 12.7. The predicted molar refractivity (Wildman–Crippen MR) is 128 cm³/mol. The molecule has 33 heavy (non-hydrogen) atoms. The highest BCUT2D eigenvalue weighted by Gasteiger charge is 2.43. The summed E-state index contributed by atoms with van der Waals surface area (Å²) in [5.41, 5.74) is 9.39. The molecule has 2 aromatic carbocycles. The summed E-state index contributed by atoms with van der Waals surface area (Å²) in [5.74, 6) is 0.447. The number of nitrogens with zero attached hydrogens (tertiary/aromatic N) is 3. The van der Waals surface area contributed by atoms with Crippen molar-refractivity contribution in [3.05, 3.63) is 105 Å². The molecule has 0 bridgehead atoms. The first kappa shape index (κ1) is 21.8. The van der Waals surface area contributed by atoms with Gasteiger partial charge >= 0.3 is 10.1 Å². The number of nitrogens with two attached hydrogens (primary N) is 1. The highest BCUT2D eigenvalue weighted by atomic mass is 35.5. The quantitative estimate of drug-likeness (QED) is 0.306. The van der Waals surface area contributed by atoms with Crippen LogP contribution in [0.5, 0.6) is 5.75 Å². The standard InChI is InChI=1S/C22H14Cl2N4O3S2/c23-18-9-14(10-19(24)27-18)22(17-7-2-1-6-16(17)21(25)28-22)13-4-3-5-15(8-13)31-33(29,30)20-11-26-12-32-20/h1-12H,(H2,25,28). The van der Waals surface area contributed by atoms with Gasteiger partial charge in [-0.25, -0.2) is 9.98 Å². The van der Waals surface area contributed by atoms with E-state index in [1.54, 1.807) is 30.3 Å². The summed E-state index contributed by atoms with van der Waals surface area (Å²) < 4.78 is 30.7. The summed E-state index contributed by atoms with van der Waals surface area (Å²) in [6, 6.07) is 17.5. The van der Waals surface area contributed by atoms with Crippen molar-refractivity contribution in [2.24, 2.45) is 10.7 Å². The van der Waals surface area contributed by atoms with Crippen LogP contribution >= 0.6 is 34.5 Å². The molecule has 1 atom stereocenters. The molecule has 7 nitrogen and oxygen atoms in total. The van der Waals surface area contributed by atoms with Crippen LogP contribution in [-0.4, -0.2) is 24.2 Å². The molecule has 3 heterocycles. The highest BCUT2D eigenvalue weighted by Crippen LogP contribution is 2.47. The molecule has 1 aliphatic heterocycles. The smallest absolute Gasteiger partial charge is 0.350 e. The van der Waals surface area contributed by atoms with Crippen molar-refractivity contribution >= 4 is 50.5 Å². The van der Waals surface area contributed by atoms with Gasteiger partial charge in [0.2, 0.25) is 0 Å². The van der Waals surface area contributed by atoms with Gasteiger partial charge in [-0.2, -0.15) is 8.42 Å². The Balaban J connectivity index is 1.71. The Morgan fingerprint density at radius 3 is 2.45 bits per heavy atom. The molecule has 11 heteroatoms. The molecule has 0 saturated heterocycles. The van der Waals surface area contributed by atoms with E-state index in [0.717, 1.165) is 22.5 Å². The number of pyridine rings is 1. The van der Waals surface area contributed by atoms with Gasteiger partial charge in [0.1, 0.15) is 27.4 Å². The number of fused-ring (bicyclic) bond motifs is 1. The van der Waals surface area contributed by atoms with E-state index in [-0.39, 0.29) is 20.3 Å². The van der Waals surface area contributed by atoms with E-state index in [1.165, 1.54) is 11.7 Å². The Morgan fingerprint density at radius 2 is 1.73 bits per heavy atom. The lowest BCUT2D eigenvalue weighted by Gasteiger charge is -2.29. The molecule has 2 aromatic heterocycles. The highest BCUT2D eigenvalue weighted by molar-refractivity contribution is 7.89. The average Bonchev–Trinajstić information content (AvgIpc) is 3.42. The number of halogens is 2. The van der Waals surface area contributed by atoms with Gasteiger partial charge in [-0.15, -0.1) is 11.3 Å². The third-order valence-electron chi connectivity index (χ3n) is 5.18. The zero-order valence-electron chi connectivity index (χ0n) is 16.6. The maximum atomic E-state index is 12.6. The van der Waals surface area contributed by atoms with E-state index in [1.807, 2.05) is 30.3 Å². The molecule has 166 valence electrons. The number of aliphatic imine (C=N–C) groups is 1. The number of thiazole rings is 1. The third-order valence-corrected chi connectivity index (χ3v) is 8.04. The summed E-state index contributed by atoms with van der Waals surface area (Å²) >= 11 is 13.4. The van der Waals surface area contributed by atoms with Crippen molar-refractivity contribution in [2.75, 3.05) is 0 Å². The largest absolute Gasteiger partial charge is 0.383 e. The second-order valence-electron chi connectivity index (χ2n) is 7.14. The van der Waals surface area contributed by atoms with Crippen LogP contribution in [0.2, 0.25) is 10.3 Å². The van der Waals surface area contributed by atoms with Crippen LogP contribution in [-0.2, 0) is 15.7 Å². The van der Waals surface area contributed by atoms with Crippen LogP contribution in [0, 0.1) is 0 Å². The fourth-order valence-electron chi connectivity index (χ4n) is 3.87. The monoisotopic (exact) mass is 516 g/mol. The predicted octanol–water partition coefficient (Wildman–Crippen LogP) is 4.62. The summed E-state index contributed by atoms with van der Waals surface area (Å²) in [7, 11) is -4.04. The molecule has 0 fully saturated rings. The van der Waals surface area contributed by atoms with E-state index in [0.29, 0.717) is 17.0 Å². The Kier molecular flexibility index (Phi) is 5.37. The SMILES string of the molecule is NC1=NC(c2cccc(OS(=O)(=O)c3cncs3)c2)(c2cc(Cl)nc(Cl)c2)c2ccccc21. The molecule has 2 N–H and O–H groups in total. The first-order chi connectivity index (χ1) is 15.8. The van der Waals surface area contributed by atoms with E-state index in [4.69, 9.17) is 38.1 Å². The van der Waals surface area contributed by atoms with Gasteiger partial charge in [-0.05, 0) is 41.0 Å². The molecule has 0 aliphatic carbocycles. The van der Waals surface area contributed by atoms with E-state index < -0.39 is 15.7 Å². The molecule has 1 aliphatic rings. The van der Waals surface area contributed by atoms with Crippen molar-refractivity contribution in [1.82, 2.24) is 9.97 Å². The lowest BCUT2D eigenvalue weighted by molar-refractivity contribution is 0.487. The fourth-order valence-corrected chi connectivity index (χ4v) is 6.01. The average molecular weight is 517 g/mol. The fraction of sp³-hybridized carbons (Fsp3) is 0.0455. The lowest BCUT2D eigenvalue weighted by atomic mass is 9.78. The number of hydrogen-bond acceptors (Lipinski definition) is 8. The first-order valence-electron chi connectivity index (χ1n) is 9.52. The van der Waals surface area contributed by atoms with Crippen LogP contribution in [0.1, 0.15) is 22.3 Å². The Hall–Kier alpha value is -2.98. The summed E-state index contributed by atoms with van der Waals surface area (Å²) in [5, 5.41) is 0.380. The normalized spacial score (nSPS) is 17.5. The topological polar surface area (TPSA) is 108 Å². The van der Waals surface area contributed by atoms with Crippen LogP contribution in [0.4, 0.5) is 0 Å². The van der Waals surface area contributed by atoms with Crippen molar-refractivity contribution in [3.63, 3.8) is 0 Å². The zero-order chi connectivity index (χ0) is 23.2.